The SMILES string of the molecule is CC(O)C1CCN(CC(Cl)C#N)CC1. The number of alkyl halides is 1. The molecule has 4 heteroatoms. The van der Waals surface area contributed by atoms with Crippen molar-refractivity contribution < 1.29 is 5.11 Å². The van der Waals surface area contributed by atoms with Crippen molar-refractivity contribution in [3.63, 3.8) is 0 Å². The van der Waals surface area contributed by atoms with E-state index in [4.69, 9.17) is 16.9 Å². The van der Waals surface area contributed by atoms with Crippen LogP contribution in [0.25, 0.3) is 0 Å². The zero-order valence-electron chi connectivity index (χ0n) is 8.49. The maximum Gasteiger partial charge on any atom is 0.133 e. The standard InChI is InChI=1S/C10H17ClN2O/c1-8(14)9-2-4-13(5-3-9)7-10(11)6-12/h8-10,14H,2-5,7H2,1H3. The minimum absolute atomic E-state index is 0.208. The van der Waals surface area contributed by atoms with Crippen LogP contribution >= 0.6 is 11.6 Å². The van der Waals surface area contributed by atoms with Gasteiger partial charge in [-0.1, -0.05) is 0 Å². The number of nitriles is 1. The fourth-order valence-corrected chi connectivity index (χ4v) is 2.08. The summed E-state index contributed by atoms with van der Waals surface area (Å²) >= 11 is 5.75. The molecular weight excluding hydrogens is 200 g/mol. The summed E-state index contributed by atoms with van der Waals surface area (Å²) in [6.07, 6.45) is 1.80. The molecule has 1 fully saturated rings. The normalized spacial score (nSPS) is 24.1. The zero-order chi connectivity index (χ0) is 10.6. The largest absolute Gasteiger partial charge is 0.393 e. The Bertz CT molecular complexity index is 207. The fraction of sp³-hybridized carbons (Fsp3) is 0.900. The maximum atomic E-state index is 9.39. The van der Waals surface area contributed by atoms with Gasteiger partial charge in [0.25, 0.3) is 0 Å². The minimum atomic E-state index is -0.405. The second-order valence-corrected chi connectivity index (χ2v) is 4.50. The van der Waals surface area contributed by atoms with Gasteiger partial charge in [-0.05, 0) is 38.8 Å². The average Bonchev–Trinajstić information content (AvgIpc) is 2.18. The monoisotopic (exact) mass is 216 g/mol. The van der Waals surface area contributed by atoms with Crippen molar-refractivity contribution in [2.24, 2.45) is 5.92 Å². The van der Waals surface area contributed by atoms with Crippen molar-refractivity contribution in [2.45, 2.75) is 31.2 Å². The van der Waals surface area contributed by atoms with Crippen molar-refractivity contribution in [1.29, 1.82) is 5.26 Å². The van der Waals surface area contributed by atoms with E-state index < -0.39 is 5.38 Å². The number of aliphatic hydroxyl groups excluding tert-OH is 1. The smallest absolute Gasteiger partial charge is 0.133 e. The Labute approximate surface area is 90.3 Å². The molecule has 0 bridgehead atoms. The van der Waals surface area contributed by atoms with Gasteiger partial charge in [-0.2, -0.15) is 5.26 Å². The van der Waals surface area contributed by atoms with E-state index in [1.165, 1.54) is 0 Å². The number of rotatable bonds is 3. The van der Waals surface area contributed by atoms with E-state index in [0.29, 0.717) is 12.5 Å². The highest BCUT2D eigenvalue weighted by Gasteiger charge is 2.23. The van der Waals surface area contributed by atoms with Crippen LogP contribution in [-0.4, -0.2) is 41.1 Å². The van der Waals surface area contributed by atoms with Gasteiger partial charge in [-0.25, -0.2) is 0 Å². The Balaban J connectivity index is 2.26. The molecule has 0 spiro atoms. The summed E-state index contributed by atoms with van der Waals surface area (Å²) < 4.78 is 0. The molecule has 0 aromatic rings. The number of piperidine rings is 1. The summed E-state index contributed by atoms with van der Waals surface area (Å²) in [5, 5.41) is 17.5. The first-order valence-electron chi connectivity index (χ1n) is 5.07. The van der Waals surface area contributed by atoms with Crippen LogP contribution in [0.2, 0.25) is 0 Å². The first-order valence-corrected chi connectivity index (χ1v) is 5.51. The number of aliphatic hydroxyl groups is 1. The van der Waals surface area contributed by atoms with Gasteiger partial charge in [0.2, 0.25) is 0 Å². The summed E-state index contributed by atoms with van der Waals surface area (Å²) in [6.45, 7) is 4.38. The second kappa shape index (κ2) is 5.55. The Morgan fingerprint density at radius 2 is 2.14 bits per heavy atom. The highest BCUT2D eigenvalue weighted by atomic mass is 35.5. The Morgan fingerprint density at radius 1 is 1.57 bits per heavy atom. The highest BCUT2D eigenvalue weighted by Crippen LogP contribution is 2.20. The lowest BCUT2D eigenvalue weighted by Crippen LogP contribution is -2.39. The molecule has 0 saturated carbocycles. The van der Waals surface area contributed by atoms with Crippen LogP contribution in [0, 0.1) is 17.2 Å². The lowest BCUT2D eigenvalue weighted by molar-refractivity contribution is 0.0729. The summed E-state index contributed by atoms with van der Waals surface area (Å²) in [6, 6.07) is 2.02. The lowest BCUT2D eigenvalue weighted by Gasteiger charge is -2.33. The van der Waals surface area contributed by atoms with Crippen LogP contribution in [0.1, 0.15) is 19.8 Å². The van der Waals surface area contributed by atoms with Gasteiger partial charge in [-0.3, -0.25) is 0 Å². The van der Waals surface area contributed by atoms with Crippen LogP contribution in [0.15, 0.2) is 0 Å². The quantitative estimate of drug-likeness (QED) is 0.722. The lowest BCUT2D eigenvalue weighted by atomic mass is 9.92. The van der Waals surface area contributed by atoms with E-state index >= 15 is 0 Å². The Kier molecular flexibility index (Phi) is 4.67. The fourth-order valence-electron chi connectivity index (χ4n) is 1.89. The third kappa shape index (κ3) is 3.45. The number of hydrogen-bond acceptors (Lipinski definition) is 3. The third-order valence-corrected chi connectivity index (χ3v) is 3.11. The van der Waals surface area contributed by atoms with E-state index in [9.17, 15) is 5.11 Å². The molecule has 3 nitrogen and oxygen atoms in total. The predicted octanol–water partition coefficient (Wildman–Crippen LogP) is 1.21. The van der Waals surface area contributed by atoms with Crippen molar-refractivity contribution in [1.82, 2.24) is 4.90 Å². The van der Waals surface area contributed by atoms with E-state index in [0.717, 1.165) is 25.9 Å². The van der Waals surface area contributed by atoms with Gasteiger partial charge in [0, 0.05) is 6.54 Å². The molecule has 0 aromatic carbocycles. The molecule has 1 rings (SSSR count). The minimum Gasteiger partial charge on any atom is -0.393 e. The summed E-state index contributed by atoms with van der Waals surface area (Å²) in [5.74, 6) is 0.419. The van der Waals surface area contributed by atoms with Gasteiger partial charge in [0.15, 0.2) is 0 Å². The van der Waals surface area contributed by atoms with Crippen molar-refractivity contribution >= 4 is 11.6 Å². The molecule has 1 heterocycles. The molecular formula is C10H17ClN2O. The van der Waals surface area contributed by atoms with E-state index in [1.807, 2.05) is 13.0 Å². The molecule has 80 valence electrons. The first kappa shape index (κ1) is 11.8. The molecule has 2 atom stereocenters. The second-order valence-electron chi connectivity index (χ2n) is 3.98. The van der Waals surface area contributed by atoms with Gasteiger partial charge in [-0.15, -0.1) is 11.6 Å². The summed E-state index contributed by atoms with van der Waals surface area (Å²) in [5.41, 5.74) is 0. The maximum absolute atomic E-state index is 9.39. The van der Waals surface area contributed by atoms with Crippen LogP contribution in [0.3, 0.4) is 0 Å². The Morgan fingerprint density at radius 3 is 2.57 bits per heavy atom. The van der Waals surface area contributed by atoms with Crippen LogP contribution in [0.4, 0.5) is 0 Å². The molecule has 1 aliphatic heterocycles. The molecule has 0 radical (unpaired) electrons. The van der Waals surface area contributed by atoms with Gasteiger partial charge < -0.3 is 10.0 Å². The predicted molar refractivity (Wildman–Crippen MR) is 56.1 cm³/mol. The zero-order valence-corrected chi connectivity index (χ0v) is 9.24. The number of halogens is 1. The molecule has 0 amide bonds. The molecule has 2 unspecified atom stereocenters. The number of likely N-dealkylation sites (tertiary alicyclic amines) is 1. The van der Waals surface area contributed by atoms with Gasteiger partial charge in [0.1, 0.15) is 5.38 Å². The van der Waals surface area contributed by atoms with Gasteiger partial charge >= 0.3 is 0 Å². The highest BCUT2D eigenvalue weighted by molar-refractivity contribution is 6.22. The van der Waals surface area contributed by atoms with E-state index in [2.05, 4.69) is 4.90 Å². The van der Waals surface area contributed by atoms with Crippen molar-refractivity contribution in [3.05, 3.63) is 0 Å². The summed E-state index contributed by atoms with van der Waals surface area (Å²) in [4.78, 5) is 2.19. The van der Waals surface area contributed by atoms with Crippen LogP contribution in [0.5, 0.6) is 0 Å². The number of hydrogen-bond donors (Lipinski definition) is 1. The Hall–Kier alpha value is -0.300. The van der Waals surface area contributed by atoms with Crippen LogP contribution < -0.4 is 0 Å². The molecule has 1 N–H and O–H groups in total. The van der Waals surface area contributed by atoms with Crippen molar-refractivity contribution in [3.8, 4) is 6.07 Å². The molecule has 1 aliphatic rings. The molecule has 14 heavy (non-hydrogen) atoms. The van der Waals surface area contributed by atoms with Crippen LogP contribution in [-0.2, 0) is 0 Å². The molecule has 0 aromatic heterocycles. The molecule has 1 saturated heterocycles. The average molecular weight is 217 g/mol. The van der Waals surface area contributed by atoms with Gasteiger partial charge in [0.05, 0.1) is 12.2 Å². The molecule has 0 aliphatic carbocycles. The summed E-state index contributed by atoms with van der Waals surface area (Å²) in [7, 11) is 0. The van der Waals surface area contributed by atoms with Crippen molar-refractivity contribution in [2.75, 3.05) is 19.6 Å². The van der Waals surface area contributed by atoms with E-state index in [1.54, 1.807) is 0 Å². The topological polar surface area (TPSA) is 47.3 Å². The first-order chi connectivity index (χ1) is 6.63. The number of nitrogens with zero attached hydrogens (tertiary/aromatic N) is 2. The van der Waals surface area contributed by atoms with E-state index in [-0.39, 0.29) is 6.10 Å². The third-order valence-electron chi connectivity index (χ3n) is 2.87.